The molecule has 2 rings (SSSR count). The number of Topliss-reactive ketones (excluding diaryl/α,β-unsaturated/α-hetero) is 1. The summed E-state index contributed by atoms with van der Waals surface area (Å²) >= 11 is 0. The van der Waals surface area contributed by atoms with Crippen molar-refractivity contribution in [3.05, 3.63) is 23.3 Å². The summed E-state index contributed by atoms with van der Waals surface area (Å²) in [4.78, 5) is 11.5. The van der Waals surface area contributed by atoms with Gasteiger partial charge in [0.05, 0.1) is 0 Å². The van der Waals surface area contributed by atoms with Gasteiger partial charge in [-0.2, -0.15) is 8.78 Å². The van der Waals surface area contributed by atoms with E-state index in [1.807, 2.05) is 0 Å². The molecule has 0 fully saturated rings. The first-order valence-corrected chi connectivity index (χ1v) is 6.17. The summed E-state index contributed by atoms with van der Waals surface area (Å²) in [7, 11) is 0. The van der Waals surface area contributed by atoms with Gasteiger partial charge in [0, 0.05) is 12.0 Å². The SMILES string of the molecule is O=C1CCc2cc(OC(F)C(F)F)c(OC(F)C(F)F)cc21. The smallest absolute Gasteiger partial charge is 0.304 e. The minimum atomic E-state index is -3.51. The standard InChI is InChI=1S/C13H10F6O3/c14-10(15)12(18)21-8-3-5-1-2-7(20)6(5)4-9(8)22-13(19)11(16)17/h3-4,10-13H,1-2H2. The van der Waals surface area contributed by atoms with Crippen LogP contribution < -0.4 is 9.47 Å². The maximum atomic E-state index is 13.0. The van der Waals surface area contributed by atoms with Crippen LogP contribution in [-0.4, -0.2) is 31.3 Å². The predicted octanol–water partition coefficient (Wildman–Crippen LogP) is 3.69. The number of fused-ring (bicyclic) bond motifs is 1. The zero-order valence-electron chi connectivity index (χ0n) is 10.9. The van der Waals surface area contributed by atoms with E-state index in [2.05, 4.69) is 9.47 Å². The second kappa shape index (κ2) is 6.45. The maximum Gasteiger partial charge on any atom is 0.304 e. The number of halogens is 6. The van der Waals surface area contributed by atoms with E-state index in [0.717, 1.165) is 12.1 Å². The van der Waals surface area contributed by atoms with E-state index in [1.165, 1.54) is 0 Å². The molecule has 0 radical (unpaired) electrons. The fourth-order valence-corrected chi connectivity index (χ4v) is 1.98. The van der Waals surface area contributed by atoms with E-state index in [1.54, 1.807) is 0 Å². The molecule has 0 N–H and O–H groups in total. The molecule has 22 heavy (non-hydrogen) atoms. The van der Waals surface area contributed by atoms with Gasteiger partial charge in [-0.3, -0.25) is 4.79 Å². The third-order valence-electron chi connectivity index (χ3n) is 2.97. The predicted molar refractivity (Wildman–Crippen MR) is 62.1 cm³/mol. The Morgan fingerprint density at radius 1 is 0.818 bits per heavy atom. The highest BCUT2D eigenvalue weighted by molar-refractivity contribution is 6.01. The minimum absolute atomic E-state index is 0.0799. The first-order valence-electron chi connectivity index (χ1n) is 6.17. The van der Waals surface area contributed by atoms with Crippen LogP contribution in [0, 0.1) is 0 Å². The van der Waals surface area contributed by atoms with E-state index in [9.17, 15) is 31.1 Å². The van der Waals surface area contributed by atoms with Gasteiger partial charge in [0.2, 0.25) is 0 Å². The molecule has 0 bridgehead atoms. The third-order valence-corrected chi connectivity index (χ3v) is 2.97. The van der Waals surface area contributed by atoms with Crippen LogP contribution >= 0.6 is 0 Å². The Morgan fingerprint density at radius 2 is 1.32 bits per heavy atom. The molecule has 0 aromatic heterocycles. The van der Waals surface area contributed by atoms with Crippen molar-refractivity contribution in [2.75, 3.05) is 0 Å². The highest BCUT2D eigenvalue weighted by atomic mass is 19.3. The lowest BCUT2D eigenvalue weighted by molar-refractivity contribution is -0.0806. The molecular formula is C13H10F6O3. The maximum absolute atomic E-state index is 13.0. The fourth-order valence-electron chi connectivity index (χ4n) is 1.98. The third kappa shape index (κ3) is 3.45. The van der Waals surface area contributed by atoms with Gasteiger partial charge in [0.25, 0.3) is 12.7 Å². The molecule has 9 heteroatoms. The van der Waals surface area contributed by atoms with Gasteiger partial charge in [0.15, 0.2) is 17.3 Å². The van der Waals surface area contributed by atoms with Crippen molar-refractivity contribution in [1.29, 1.82) is 0 Å². The highest BCUT2D eigenvalue weighted by Crippen LogP contribution is 2.37. The number of rotatable bonds is 6. The number of ether oxygens (including phenoxy) is 2. The van der Waals surface area contributed by atoms with E-state index < -0.39 is 37.1 Å². The van der Waals surface area contributed by atoms with Crippen LogP contribution in [0.3, 0.4) is 0 Å². The first kappa shape index (κ1) is 16.4. The number of carbonyl (C=O) groups excluding carboxylic acids is 1. The van der Waals surface area contributed by atoms with Gasteiger partial charge in [-0.1, -0.05) is 0 Å². The van der Waals surface area contributed by atoms with Gasteiger partial charge in [-0.15, -0.1) is 0 Å². The zero-order valence-corrected chi connectivity index (χ0v) is 10.9. The van der Waals surface area contributed by atoms with Gasteiger partial charge in [0.1, 0.15) is 0 Å². The monoisotopic (exact) mass is 328 g/mol. The zero-order chi connectivity index (χ0) is 16.4. The van der Waals surface area contributed by atoms with Crippen LogP contribution in [0.2, 0.25) is 0 Å². The molecule has 0 saturated heterocycles. The van der Waals surface area contributed by atoms with Crippen LogP contribution in [-0.2, 0) is 6.42 Å². The molecule has 0 saturated carbocycles. The molecule has 1 aromatic rings. The highest BCUT2D eigenvalue weighted by Gasteiger charge is 2.29. The molecule has 122 valence electrons. The van der Waals surface area contributed by atoms with E-state index >= 15 is 0 Å². The van der Waals surface area contributed by atoms with Gasteiger partial charge in [-0.25, -0.2) is 17.6 Å². The van der Waals surface area contributed by atoms with Gasteiger partial charge in [-0.05, 0) is 24.1 Å². The number of aryl methyl sites for hydroxylation is 1. The van der Waals surface area contributed by atoms with Crippen LogP contribution in [0.15, 0.2) is 12.1 Å². The quantitative estimate of drug-likeness (QED) is 0.747. The second-order valence-corrected chi connectivity index (χ2v) is 4.49. The van der Waals surface area contributed by atoms with E-state index in [4.69, 9.17) is 0 Å². The van der Waals surface area contributed by atoms with Crippen molar-refractivity contribution >= 4 is 5.78 Å². The number of hydrogen-bond acceptors (Lipinski definition) is 3. The number of carbonyl (C=O) groups is 1. The summed E-state index contributed by atoms with van der Waals surface area (Å²) < 4.78 is 83.2. The summed E-state index contributed by atoms with van der Waals surface area (Å²) in [6, 6.07) is 1.91. The van der Waals surface area contributed by atoms with E-state index in [-0.39, 0.29) is 24.2 Å². The topological polar surface area (TPSA) is 35.5 Å². The number of alkyl halides is 6. The Kier molecular flexibility index (Phi) is 4.82. The normalized spacial score (nSPS) is 16.8. The lowest BCUT2D eigenvalue weighted by atomic mass is 10.1. The Morgan fingerprint density at radius 3 is 1.82 bits per heavy atom. The van der Waals surface area contributed by atoms with Gasteiger partial charge < -0.3 is 9.47 Å². The molecule has 1 aromatic carbocycles. The molecule has 1 aliphatic carbocycles. The van der Waals surface area contributed by atoms with Crippen LogP contribution in [0.1, 0.15) is 22.3 Å². The van der Waals surface area contributed by atoms with Crippen molar-refractivity contribution in [2.24, 2.45) is 0 Å². The Hall–Kier alpha value is -1.93. The molecule has 1 aliphatic rings. The second-order valence-electron chi connectivity index (χ2n) is 4.49. The van der Waals surface area contributed by atoms with Crippen molar-refractivity contribution in [3.63, 3.8) is 0 Å². The number of hydrogen-bond donors (Lipinski definition) is 0. The molecule has 2 unspecified atom stereocenters. The molecule has 0 amide bonds. The van der Waals surface area contributed by atoms with Crippen molar-refractivity contribution < 1.29 is 40.6 Å². The summed E-state index contributed by atoms with van der Waals surface area (Å²) in [6.07, 6.45) is -12.7. The molecule has 2 atom stereocenters. The number of ketones is 1. The molecule has 0 spiro atoms. The summed E-state index contributed by atoms with van der Waals surface area (Å²) in [6.45, 7) is 0. The Bertz CT molecular complexity index is 563. The molecular weight excluding hydrogens is 318 g/mol. The molecule has 0 aliphatic heterocycles. The minimum Gasteiger partial charge on any atom is -0.451 e. The van der Waals surface area contributed by atoms with Crippen molar-refractivity contribution in [3.8, 4) is 11.5 Å². The van der Waals surface area contributed by atoms with Crippen molar-refractivity contribution in [1.82, 2.24) is 0 Å². The van der Waals surface area contributed by atoms with Crippen molar-refractivity contribution in [2.45, 2.75) is 38.4 Å². The average molecular weight is 328 g/mol. The lowest BCUT2D eigenvalue weighted by Crippen LogP contribution is -2.23. The lowest BCUT2D eigenvalue weighted by Gasteiger charge is -2.18. The largest absolute Gasteiger partial charge is 0.451 e. The Labute approximate surface area is 120 Å². The first-order chi connectivity index (χ1) is 10.3. The average Bonchev–Trinajstić information content (AvgIpc) is 2.79. The Balaban J connectivity index is 2.34. The fraction of sp³-hybridized carbons (Fsp3) is 0.462. The van der Waals surface area contributed by atoms with Crippen LogP contribution in [0.4, 0.5) is 26.3 Å². The summed E-state index contributed by atoms with van der Waals surface area (Å²) in [5, 5.41) is 0. The summed E-state index contributed by atoms with van der Waals surface area (Å²) in [5.74, 6) is -1.74. The number of benzene rings is 1. The van der Waals surface area contributed by atoms with Crippen LogP contribution in [0.5, 0.6) is 11.5 Å². The van der Waals surface area contributed by atoms with Gasteiger partial charge >= 0.3 is 12.9 Å². The van der Waals surface area contributed by atoms with E-state index in [0.29, 0.717) is 5.56 Å². The molecule has 3 nitrogen and oxygen atoms in total. The van der Waals surface area contributed by atoms with Crippen LogP contribution in [0.25, 0.3) is 0 Å². The molecule has 0 heterocycles. The summed E-state index contributed by atoms with van der Waals surface area (Å²) in [5.41, 5.74) is 0.442.